The molecule has 6 nitrogen and oxygen atoms in total. The van der Waals surface area contributed by atoms with Crippen LogP contribution in [-0.2, 0) is 14.1 Å². The van der Waals surface area contributed by atoms with Crippen molar-refractivity contribution in [2.24, 2.45) is 5.41 Å². The quantitative estimate of drug-likeness (QED) is 0.489. The number of aliphatic hydroxyl groups is 1. The highest BCUT2D eigenvalue weighted by molar-refractivity contribution is 7.52. The van der Waals surface area contributed by atoms with Crippen molar-refractivity contribution in [2.45, 2.75) is 39.6 Å². The van der Waals surface area contributed by atoms with Crippen molar-refractivity contribution in [1.29, 1.82) is 0 Å². The summed E-state index contributed by atoms with van der Waals surface area (Å²) in [6.45, 7) is 6.04. The lowest BCUT2D eigenvalue weighted by Crippen LogP contribution is -2.33. The minimum Gasteiger partial charge on any atom is -0.459 e. The van der Waals surface area contributed by atoms with E-state index >= 15 is 0 Å². The average molecular weight is 240 g/mol. The molecule has 0 aromatic carbocycles. The highest BCUT2D eigenvalue weighted by atomic mass is 31.2. The molecule has 0 aromatic rings. The molecular weight excluding hydrogens is 223 g/mol. The Bertz CT molecular complexity index is 275. The lowest BCUT2D eigenvalue weighted by Gasteiger charge is -2.24. The van der Waals surface area contributed by atoms with E-state index in [4.69, 9.17) is 19.6 Å². The van der Waals surface area contributed by atoms with Gasteiger partial charge in [-0.3, -0.25) is 9.36 Å². The van der Waals surface area contributed by atoms with Crippen molar-refractivity contribution in [3.8, 4) is 0 Å². The number of carbonyl (C=O) groups excluding carboxylic acids is 1. The van der Waals surface area contributed by atoms with Gasteiger partial charge < -0.3 is 19.6 Å². The molecule has 0 saturated heterocycles. The molecule has 0 radical (unpaired) electrons. The third-order valence-corrected chi connectivity index (χ3v) is 2.78. The third-order valence-electron chi connectivity index (χ3n) is 1.67. The van der Waals surface area contributed by atoms with Crippen LogP contribution in [0.25, 0.3) is 0 Å². The summed E-state index contributed by atoms with van der Waals surface area (Å²) in [5.74, 6) is -2.61. The Morgan fingerprint density at radius 1 is 1.33 bits per heavy atom. The van der Waals surface area contributed by atoms with Gasteiger partial charge in [-0.25, -0.2) is 0 Å². The molecule has 0 amide bonds. The first-order valence-electron chi connectivity index (χ1n) is 4.40. The van der Waals surface area contributed by atoms with Gasteiger partial charge in [0.2, 0.25) is 0 Å². The zero-order valence-corrected chi connectivity index (χ0v) is 10.1. The van der Waals surface area contributed by atoms with Gasteiger partial charge in [0.25, 0.3) is 0 Å². The first-order chi connectivity index (χ1) is 6.46. The maximum absolute atomic E-state index is 11.3. The second kappa shape index (κ2) is 4.61. The van der Waals surface area contributed by atoms with Gasteiger partial charge in [-0.05, 0) is 27.7 Å². The summed E-state index contributed by atoms with van der Waals surface area (Å²) >= 11 is 0. The van der Waals surface area contributed by atoms with Gasteiger partial charge in [0.1, 0.15) is 6.10 Å². The van der Waals surface area contributed by atoms with Gasteiger partial charge in [-0.15, -0.1) is 0 Å². The van der Waals surface area contributed by atoms with Gasteiger partial charge in [0.15, 0.2) is 5.85 Å². The predicted octanol–water partition coefficient (Wildman–Crippen LogP) is 0.460. The van der Waals surface area contributed by atoms with Crippen molar-refractivity contribution in [3.63, 3.8) is 0 Å². The zero-order valence-electron chi connectivity index (χ0n) is 9.17. The minimum atomic E-state index is -4.64. The molecular formula is C8H17O6P. The molecule has 15 heavy (non-hydrogen) atoms. The van der Waals surface area contributed by atoms with Crippen LogP contribution in [0, 0.1) is 5.41 Å². The molecule has 2 unspecified atom stereocenters. The molecule has 7 heteroatoms. The van der Waals surface area contributed by atoms with Crippen LogP contribution >= 0.6 is 7.60 Å². The van der Waals surface area contributed by atoms with Crippen molar-refractivity contribution in [2.75, 3.05) is 0 Å². The Balaban J connectivity index is 4.46. The Hall–Kier alpha value is -0.420. The summed E-state index contributed by atoms with van der Waals surface area (Å²) in [5.41, 5.74) is -0.775. The summed E-state index contributed by atoms with van der Waals surface area (Å²) in [6, 6.07) is 0. The first-order valence-corrected chi connectivity index (χ1v) is 6.09. The molecule has 0 aliphatic carbocycles. The number of ether oxygens (including phenoxy) is 1. The van der Waals surface area contributed by atoms with E-state index in [0.29, 0.717) is 0 Å². The summed E-state index contributed by atoms with van der Waals surface area (Å²) in [6.07, 6.45) is -1.24. The van der Waals surface area contributed by atoms with Crippen LogP contribution in [0.4, 0.5) is 0 Å². The van der Waals surface area contributed by atoms with Crippen molar-refractivity contribution < 1.29 is 29.0 Å². The summed E-state index contributed by atoms with van der Waals surface area (Å²) in [5, 5.41) is 9.13. The second-order valence-electron chi connectivity index (χ2n) is 4.36. The first kappa shape index (κ1) is 14.6. The SMILES string of the molecule is CC(OC(=O)C(C)(C)C)C(O)P(=O)(O)O. The van der Waals surface area contributed by atoms with Gasteiger partial charge in [0.05, 0.1) is 5.41 Å². The second-order valence-corrected chi connectivity index (χ2v) is 6.07. The van der Waals surface area contributed by atoms with E-state index in [1.165, 1.54) is 6.92 Å². The topological polar surface area (TPSA) is 104 Å². The van der Waals surface area contributed by atoms with Crippen molar-refractivity contribution in [3.05, 3.63) is 0 Å². The maximum atomic E-state index is 11.3. The van der Waals surface area contributed by atoms with E-state index in [1.54, 1.807) is 20.8 Å². The van der Waals surface area contributed by atoms with Crippen LogP contribution in [0.1, 0.15) is 27.7 Å². The average Bonchev–Trinajstić information content (AvgIpc) is 1.99. The fraction of sp³-hybridized carbons (Fsp3) is 0.875. The van der Waals surface area contributed by atoms with E-state index in [1.807, 2.05) is 0 Å². The standard InChI is InChI=1S/C8H17O6P/c1-5(6(9)15(11,12)13)14-7(10)8(2,3)4/h5-6,9H,1-4H3,(H2,11,12,13). The molecule has 0 bridgehead atoms. The number of rotatable bonds is 3. The molecule has 0 aliphatic rings. The summed E-state index contributed by atoms with van der Waals surface area (Å²) < 4.78 is 15.4. The molecule has 0 aliphatic heterocycles. The Labute approximate surface area is 88.4 Å². The van der Waals surface area contributed by atoms with Gasteiger partial charge >= 0.3 is 13.6 Å². The van der Waals surface area contributed by atoms with E-state index < -0.39 is 30.9 Å². The van der Waals surface area contributed by atoms with E-state index in [0.717, 1.165) is 0 Å². The minimum absolute atomic E-state index is 0.623. The molecule has 0 saturated carbocycles. The third kappa shape index (κ3) is 4.75. The molecule has 0 aromatic heterocycles. The van der Waals surface area contributed by atoms with Gasteiger partial charge in [0, 0.05) is 0 Å². The van der Waals surface area contributed by atoms with Crippen LogP contribution in [0.2, 0.25) is 0 Å². The van der Waals surface area contributed by atoms with Crippen LogP contribution in [0.3, 0.4) is 0 Å². The fourth-order valence-electron chi connectivity index (χ4n) is 0.680. The van der Waals surface area contributed by atoms with Crippen molar-refractivity contribution in [1.82, 2.24) is 0 Å². The van der Waals surface area contributed by atoms with E-state index in [-0.39, 0.29) is 0 Å². The summed E-state index contributed by atoms with van der Waals surface area (Å²) in [4.78, 5) is 28.6. The lowest BCUT2D eigenvalue weighted by molar-refractivity contribution is -0.161. The number of aliphatic hydroxyl groups excluding tert-OH is 1. The number of esters is 1. The maximum Gasteiger partial charge on any atom is 0.357 e. The molecule has 0 heterocycles. The van der Waals surface area contributed by atoms with E-state index in [9.17, 15) is 9.36 Å². The number of hydrogen-bond donors (Lipinski definition) is 3. The molecule has 90 valence electrons. The van der Waals surface area contributed by atoms with Crippen LogP contribution in [0.15, 0.2) is 0 Å². The van der Waals surface area contributed by atoms with E-state index in [2.05, 4.69) is 0 Å². The zero-order chi connectivity index (χ0) is 12.4. The largest absolute Gasteiger partial charge is 0.459 e. The fourth-order valence-corrected chi connectivity index (χ4v) is 1.29. The molecule has 3 N–H and O–H groups in total. The van der Waals surface area contributed by atoms with Gasteiger partial charge in [-0.2, -0.15) is 0 Å². The smallest absolute Gasteiger partial charge is 0.357 e. The molecule has 0 rings (SSSR count). The highest BCUT2D eigenvalue weighted by Crippen LogP contribution is 2.42. The Morgan fingerprint density at radius 3 is 2.00 bits per heavy atom. The monoisotopic (exact) mass is 240 g/mol. The van der Waals surface area contributed by atoms with Crippen molar-refractivity contribution >= 4 is 13.6 Å². The lowest BCUT2D eigenvalue weighted by atomic mass is 9.97. The van der Waals surface area contributed by atoms with Crippen LogP contribution in [0.5, 0.6) is 0 Å². The number of hydrogen-bond acceptors (Lipinski definition) is 4. The normalized spacial score (nSPS) is 17.0. The summed E-state index contributed by atoms with van der Waals surface area (Å²) in [7, 11) is -4.64. The Morgan fingerprint density at radius 2 is 1.73 bits per heavy atom. The van der Waals surface area contributed by atoms with Crippen LogP contribution < -0.4 is 0 Å². The highest BCUT2D eigenvalue weighted by Gasteiger charge is 2.36. The Kier molecular flexibility index (Phi) is 4.49. The molecule has 0 spiro atoms. The number of carbonyl (C=O) groups is 1. The van der Waals surface area contributed by atoms with Gasteiger partial charge in [-0.1, -0.05) is 0 Å². The predicted molar refractivity (Wildman–Crippen MR) is 53.1 cm³/mol. The van der Waals surface area contributed by atoms with Crippen LogP contribution in [-0.4, -0.2) is 32.8 Å². The molecule has 0 fully saturated rings. The molecule has 2 atom stereocenters.